The zero-order valence-corrected chi connectivity index (χ0v) is 10.9. The maximum atomic E-state index is 4.97. The Bertz CT molecular complexity index is 498. The number of nitrogens with zero attached hydrogens (tertiary/aromatic N) is 1. The third-order valence-electron chi connectivity index (χ3n) is 3.44. The second kappa shape index (κ2) is 5.81. The predicted molar refractivity (Wildman–Crippen MR) is 79.8 cm³/mol. The van der Waals surface area contributed by atoms with Gasteiger partial charge in [-0.3, -0.25) is 4.99 Å². The first-order valence-electron chi connectivity index (χ1n) is 6.83. The van der Waals surface area contributed by atoms with Crippen LogP contribution in [-0.4, -0.2) is 24.8 Å². The van der Waals surface area contributed by atoms with Crippen LogP contribution >= 0.6 is 0 Å². The van der Waals surface area contributed by atoms with Crippen molar-refractivity contribution < 1.29 is 0 Å². The lowest BCUT2D eigenvalue weighted by molar-refractivity contribution is 0.745. The van der Waals surface area contributed by atoms with Crippen molar-refractivity contribution in [2.24, 2.45) is 4.99 Å². The second-order valence-corrected chi connectivity index (χ2v) is 4.86. The first-order valence-corrected chi connectivity index (χ1v) is 6.83. The van der Waals surface area contributed by atoms with E-state index in [0.29, 0.717) is 6.04 Å². The van der Waals surface area contributed by atoms with E-state index in [4.69, 9.17) is 4.99 Å². The first kappa shape index (κ1) is 12.1. The minimum Gasteiger partial charge on any atom is -0.315 e. The molecule has 0 amide bonds. The highest BCUT2D eigenvalue weighted by molar-refractivity contribution is 6.12. The van der Waals surface area contributed by atoms with Crippen LogP contribution in [0.15, 0.2) is 65.7 Å². The number of benzene rings is 2. The van der Waals surface area contributed by atoms with Crippen LogP contribution in [0.25, 0.3) is 0 Å². The molecule has 0 spiro atoms. The van der Waals surface area contributed by atoms with E-state index >= 15 is 0 Å². The Labute approximate surface area is 114 Å². The average Bonchev–Trinajstić information content (AvgIpc) is 3.00. The van der Waals surface area contributed by atoms with Gasteiger partial charge in [0.05, 0.1) is 11.8 Å². The van der Waals surface area contributed by atoms with E-state index in [1.807, 2.05) is 12.1 Å². The lowest BCUT2D eigenvalue weighted by Crippen LogP contribution is -2.14. The van der Waals surface area contributed by atoms with Gasteiger partial charge in [-0.25, -0.2) is 0 Å². The first-order chi connectivity index (χ1) is 9.43. The van der Waals surface area contributed by atoms with Gasteiger partial charge in [-0.2, -0.15) is 0 Å². The molecule has 1 fully saturated rings. The van der Waals surface area contributed by atoms with Crippen molar-refractivity contribution in [3.8, 4) is 0 Å². The highest BCUT2D eigenvalue weighted by Crippen LogP contribution is 2.14. The van der Waals surface area contributed by atoms with Gasteiger partial charge in [-0.1, -0.05) is 60.7 Å². The summed E-state index contributed by atoms with van der Waals surface area (Å²) < 4.78 is 0. The van der Waals surface area contributed by atoms with Crippen LogP contribution in [0.4, 0.5) is 0 Å². The summed E-state index contributed by atoms with van der Waals surface area (Å²) in [6, 6.07) is 21.3. The number of hydrogen-bond acceptors (Lipinski definition) is 2. The minimum atomic E-state index is 0.399. The molecular weight excluding hydrogens is 232 g/mol. The van der Waals surface area contributed by atoms with Gasteiger partial charge in [0.25, 0.3) is 0 Å². The third-order valence-corrected chi connectivity index (χ3v) is 3.44. The number of nitrogens with one attached hydrogen (secondary N) is 1. The van der Waals surface area contributed by atoms with E-state index in [-0.39, 0.29) is 0 Å². The molecule has 1 saturated heterocycles. The molecule has 0 radical (unpaired) electrons. The van der Waals surface area contributed by atoms with Crippen LogP contribution in [0.3, 0.4) is 0 Å². The van der Waals surface area contributed by atoms with Crippen LogP contribution in [0.1, 0.15) is 17.5 Å². The fourth-order valence-electron chi connectivity index (χ4n) is 2.44. The minimum absolute atomic E-state index is 0.399. The maximum absolute atomic E-state index is 4.97. The SMILES string of the molecule is c1ccc(C(=N[C@@H]2CCNC2)c2ccccc2)cc1. The molecule has 0 bridgehead atoms. The number of aliphatic imine (C=N–C) groups is 1. The fourth-order valence-corrected chi connectivity index (χ4v) is 2.44. The maximum Gasteiger partial charge on any atom is 0.0722 e. The third kappa shape index (κ3) is 2.91. The fraction of sp³-hybridized carbons (Fsp3) is 0.235. The van der Waals surface area contributed by atoms with Crippen LogP contribution in [-0.2, 0) is 0 Å². The molecule has 0 aliphatic carbocycles. The summed E-state index contributed by atoms with van der Waals surface area (Å²) in [5.74, 6) is 0. The standard InChI is InChI=1S/C17H18N2/c1-3-7-14(8-4-1)17(15-9-5-2-6-10-15)19-16-11-12-18-13-16/h1-10,16,18H,11-13H2/t16-/m1/s1. The molecule has 1 aliphatic rings. The van der Waals surface area contributed by atoms with Gasteiger partial charge in [0.2, 0.25) is 0 Å². The van der Waals surface area contributed by atoms with Gasteiger partial charge < -0.3 is 5.32 Å². The van der Waals surface area contributed by atoms with Crippen molar-refractivity contribution in [2.45, 2.75) is 12.5 Å². The zero-order chi connectivity index (χ0) is 12.9. The van der Waals surface area contributed by atoms with Crippen molar-refractivity contribution in [2.75, 3.05) is 13.1 Å². The Morgan fingerprint density at radius 3 is 1.95 bits per heavy atom. The summed E-state index contributed by atoms with van der Waals surface area (Å²) in [6.07, 6.45) is 1.13. The normalized spacial score (nSPS) is 18.2. The molecule has 2 aromatic carbocycles. The lowest BCUT2D eigenvalue weighted by atomic mass is 10.0. The molecule has 2 nitrogen and oxygen atoms in total. The Morgan fingerprint density at radius 2 is 1.47 bits per heavy atom. The van der Waals surface area contributed by atoms with Crippen molar-refractivity contribution in [1.82, 2.24) is 5.32 Å². The summed E-state index contributed by atoms with van der Waals surface area (Å²) in [6.45, 7) is 2.06. The van der Waals surface area contributed by atoms with Gasteiger partial charge in [-0.05, 0) is 13.0 Å². The molecule has 3 rings (SSSR count). The van der Waals surface area contributed by atoms with Crippen molar-refractivity contribution in [3.05, 3.63) is 71.8 Å². The van der Waals surface area contributed by atoms with E-state index in [2.05, 4.69) is 53.8 Å². The molecule has 2 aromatic rings. The van der Waals surface area contributed by atoms with Gasteiger partial charge in [0, 0.05) is 17.7 Å². The average molecular weight is 250 g/mol. The van der Waals surface area contributed by atoms with Gasteiger partial charge in [0.1, 0.15) is 0 Å². The van der Waals surface area contributed by atoms with E-state index < -0.39 is 0 Å². The Balaban J connectivity index is 2.01. The topological polar surface area (TPSA) is 24.4 Å². The monoisotopic (exact) mass is 250 g/mol. The summed E-state index contributed by atoms with van der Waals surface area (Å²) in [7, 11) is 0. The largest absolute Gasteiger partial charge is 0.315 e. The van der Waals surface area contributed by atoms with Gasteiger partial charge >= 0.3 is 0 Å². The summed E-state index contributed by atoms with van der Waals surface area (Å²) in [4.78, 5) is 4.97. The Hall–Kier alpha value is -1.93. The highest BCUT2D eigenvalue weighted by atomic mass is 15.0. The molecule has 0 aromatic heterocycles. The van der Waals surface area contributed by atoms with E-state index in [1.165, 1.54) is 11.1 Å². The predicted octanol–water partition coefficient (Wildman–Crippen LogP) is 2.89. The van der Waals surface area contributed by atoms with Crippen LogP contribution in [0.5, 0.6) is 0 Å². The van der Waals surface area contributed by atoms with Crippen LogP contribution in [0, 0.1) is 0 Å². The number of rotatable bonds is 3. The Kier molecular flexibility index (Phi) is 3.70. The smallest absolute Gasteiger partial charge is 0.0722 e. The summed E-state index contributed by atoms with van der Waals surface area (Å²) in [5.41, 5.74) is 3.50. The molecule has 0 unspecified atom stereocenters. The van der Waals surface area contributed by atoms with Crippen LogP contribution in [0.2, 0.25) is 0 Å². The molecule has 1 aliphatic heterocycles. The molecular formula is C17H18N2. The van der Waals surface area contributed by atoms with Crippen molar-refractivity contribution in [1.29, 1.82) is 0 Å². The molecule has 1 N–H and O–H groups in total. The van der Waals surface area contributed by atoms with Gasteiger partial charge in [0.15, 0.2) is 0 Å². The molecule has 1 atom stereocenters. The summed E-state index contributed by atoms with van der Waals surface area (Å²) in [5, 5.41) is 3.37. The van der Waals surface area contributed by atoms with Crippen molar-refractivity contribution >= 4 is 5.71 Å². The quantitative estimate of drug-likeness (QED) is 0.832. The molecule has 1 heterocycles. The van der Waals surface area contributed by atoms with Crippen molar-refractivity contribution in [3.63, 3.8) is 0 Å². The molecule has 0 saturated carbocycles. The highest BCUT2D eigenvalue weighted by Gasteiger charge is 2.15. The van der Waals surface area contributed by atoms with Crippen LogP contribution < -0.4 is 5.32 Å². The number of hydrogen-bond donors (Lipinski definition) is 1. The Morgan fingerprint density at radius 1 is 0.895 bits per heavy atom. The second-order valence-electron chi connectivity index (χ2n) is 4.86. The molecule has 2 heteroatoms. The van der Waals surface area contributed by atoms with Gasteiger partial charge in [-0.15, -0.1) is 0 Å². The summed E-state index contributed by atoms with van der Waals surface area (Å²) >= 11 is 0. The lowest BCUT2D eigenvalue weighted by Gasteiger charge is -2.10. The van der Waals surface area contributed by atoms with E-state index in [0.717, 1.165) is 25.2 Å². The zero-order valence-electron chi connectivity index (χ0n) is 10.9. The van der Waals surface area contributed by atoms with E-state index in [1.54, 1.807) is 0 Å². The van der Waals surface area contributed by atoms with E-state index in [9.17, 15) is 0 Å². The molecule has 96 valence electrons. The molecule has 19 heavy (non-hydrogen) atoms.